The van der Waals surface area contributed by atoms with Gasteiger partial charge in [-0.2, -0.15) is 0 Å². The molecule has 0 aliphatic carbocycles. The lowest BCUT2D eigenvalue weighted by Gasteiger charge is -2.18. The highest BCUT2D eigenvalue weighted by molar-refractivity contribution is 5.71. The molecule has 0 aliphatic heterocycles. The SMILES string of the molecule is CCCCCCCCCCCCCCCCCCCCCCC(=O)OCC(COC(=O)CCCCCCCCCCCC)OC(=O)CCCCCCCCCCCCCC. The quantitative estimate of drug-likeness (QED) is 0.0345. The van der Waals surface area contributed by atoms with Crippen LogP contribution in [0.2, 0.25) is 0 Å². The Kier molecular flexibility index (Phi) is 48.7. The van der Waals surface area contributed by atoms with Gasteiger partial charge in [-0.1, -0.05) is 271 Å². The predicted octanol–water partition coefficient (Wildman–Crippen LogP) is 17.6. The van der Waals surface area contributed by atoms with Gasteiger partial charge in [0.1, 0.15) is 13.2 Å². The van der Waals surface area contributed by atoms with Crippen LogP contribution in [-0.2, 0) is 28.6 Å². The first-order valence-electron chi connectivity index (χ1n) is 27.0. The van der Waals surface area contributed by atoms with Crippen molar-refractivity contribution in [1.29, 1.82) is 0 Å². The van der Waals surface area contributed by atoms with Crippen LogP contribution in [0.1, 0.15) is 310 Å². The van der Waals surface area contributed by atoms with Gasteiger partial charge in [0.25, 0.3) is 0 Å². The average molecular weight is 849 g/mol. The molecule has 6 nitrogen and oxygen atoms in total. The van der Waals surface area contributed by atoms with Crippen LogP contribution in [0.15, 0.2) is 0 Å². The second-order valence-electron chi connectivity index (χ2n) is 18.5. The zero-order valence-electron chi connectivity index (χ0n) is 40.8. The van der Waals surface area contributed by atoms with Gasteiger partial charge in [0, 0.05) is 19.3 Å². The van der Waals surface area contributed by atoms with Gasteiger partial charge in [-0.15, -0.1) is 0 Å². The lowest BCUT2D eigenvalue weighted by Crippen LogP contribution is -2.30. The van der Waals surface area contributed by atoms with Crippen molar-refractivity contribution in [1.82, 2.24) is 0 Å². The molecule has 0 fully saturated rings. The minimum absolute atomic E-state index is 0.0618. The smallest absolute Gasteiger partial charge is 0.306 e. The van der Waals surface area contributed by atoms with E-state index in [1.165, 1.54) is 212 Å². The number of hydrogen-bond acceptors (Lipinski definition) is 6. The van der Waals surface area contributed by atoms with Gasteiger partial charge in [-0.25, -0.2) is 0 Å². The third-order valence-electron chi connectivity index (χ3n) is 12.4. The Balaban J connectivity index is 4.19. The van der Waals surface area contributed by atoms with Gasteiger partial charge >= 0.3 is 17.9 Å². The molecule has 0 aliphatic rings. The Morgan fingerprint density at radius 2 is 0.450 bits per heavy atom. The third-order valence-corrected chi connectivity index (χ3v) is 12.4. The van der Waals surface area contributed by atoms with E-state index in [9.17, 15) is 14.4 Å². The van der Waals surface area contributed by atoms with Crippen LogP contribution in [0, 0.1) is 0 Å². The molecule has 0 rings (SSSR count). The maximum Gasteiger partial charge on any atom is 0.306 e. The summed E-state index contributed by atoms with van der Waals surface area (Å²) >= 11 is 0. The number of esters is 3. The van der Waals surface area contributed by atoms with Crippen molar-refractivity contribution in [3.63, 3.8) is 0 Å². The summed E-state index contributed by atoms with van der Waals surface area (Å²) in [5.41, 5.74) is 0. The summed E-state index contributed by atoms with van der Waals surface area (Å²) in [6, 6.07) is 0. The highest BCUT2D eigenvalue weighted by Crippen LogP contribution is 2.17. The summed E-state index contributed by atoms with van der Waals surface area (Å²) in [6.07, 6.45) is 53.8. The van der Waals surface area contributed by atoms with Crippen LogP contribution in [0.5, 0.6) is 0 Å². The van der Waals surface area contributed by atoms with E-state index in [1.54, 1.807) is 0 Å². The number of ether oxygens (including phenoxy) is 3. The number of unbranched alkanes of at least 4 members (excludes halogenated alkanes) is 39. The Morgan fingerprint density at radius 1 is 0.267 bits per heavy atom. The van der Waals surface area contributed by atoms with Crippen LogP contribution >= 0.6 is 0 Å². The molecule has 1 atom stereocenters. The van der Waals surface area contributed by atoms with E-state index >= 15 is 0 Å². The van der Waals surface area contributed by atoms with Crippen molar-refractivity contribution in [2.45, 2.75) is 316 Å². The minimum Gasteiger partial charge on any atom is -0.462 e. The molecule has 0 N–H and O–H groups in total. The molecule has 60 heavy (non-hydrogen) atoms. The van der Waals surface area contributed by atoms with Crippen molar-refractivity contribution in [3.05, 3.63) is 0 Å². The molecule has 356 valence electrons. The summed E-state index contributed by atoms with van der Waals surface area (Å²) in [4.78, 5) is 37.9. The van der Waals surface area contributed by atoms with E-state index in [-0.39, 0.29) is 31.1 Å². The van der Waals surface area contributed by atoms with E-state index in [2.05, 4.69) is 20.8 Å². The Labute approximate surface area is 374 Å². The number of hydrogen-bond donors (Lipinski definition) is 0. The summed E-state index contributed by atoms with van der Waals surface area (Å²) < 4.78 is 16.8. The summed E-state index contributed by atoms with van der Waals surface area (Å²) in [5.74, 6) is -0.841. The van der Waals surface area contributed by atoms with E-state index < -0.39 is 6.10 Å². The minimum atomic E-state index is -0.759. The molecule has 0 aromatic heterocycles. The van der Waals surface area contributed by atoms with E-state index in [1.807, 2.05) is 0 Å². The molecule has 0 saturated carbocycles. The van der Waals surface area contributed by atoms with Crippen molar-refractivity contribution in [2.75, 3.05) is 13.2 Å². The van der Waals surface area contributed by atoms with Gasteiger partial charge < -0.3 is 14.2 Å². The van der Waals surface area contributed by atoms with Crippen molar-refractivity contribution in [2.24, 2.45) is 0 Å². The standard InChI is InChI=1S/C54H104O6/c1-4-7-10-13-16-19-22-24-25-26-27-28-29-30-31-33-35-38-41-44-47-53(56)59-50-51(49-58-52(55)46-43-40-37-34-21-18-15-12-9-6-3)60-54(57)48-45-42-39-36-32-23-20-17-14-11-8-5-2/h51H,4-50H2,1-3H3. The fraction of sp³-hybridized carbons (Fsp3) is 0.944. The lowest BCUT2D eigenvalue weighted by atomic mass is 10.0. The van der Waals surface area contributed by atoms with Gasteiger partial charge in [-0.3, -0.25) is 14.4 Å². The Hall–Kier alpha value is -1.59. The van der Waals surface area contributed by atoms with Crippen LogP contribution in [0.3, 0.4) is 0 Å². The zero-order chi connectivity index (χ0) is 43.7. The van der Waals surface area contributed by atoms with E-state index in [0.717, 1.165) is 57.8 Å². The zero-order valence-corrected chi connectivity index (χ0v) is 40.8. The molecule has 6 heteroatoms. The van der Waals surface area contributed by atoms with E-state index in [4.69, 9.17) is 14.2 Å². The van der Waals surface area contributed by atoms with Gasteiger partial charge in [-0.05, 0) is 19.3 Å². The molecule has 0 bridgehead atoms. The number of rotatable bonds is 50. The fourth-order valence-corrected chi connectivity index (χ4v) is 8.27. The molecule has 0 heterocycles. The molecular formula is C54H104O6. The first-order chi connectivity index (χ1) is 29.5. The van der Waals surface area contributed by atoms with Crippen molar-refractivity contribution >= 4 is 17.9 Å². The van der Waals surface area contributed by atoms with Crippen molar-refractivity contribution in [3.8, 4) is 0 Å². The second-order valence-corrected chi connectivity index (χ2v) is 18.5. The van der Waals surface area contributed by atoms with Crippen LogP contribution < -0.4 is 0 Å². The van der Waals surface area contributed by atoms with Crippen molar-refractivity contribution < 1.29 is 28.6 Å². The largest absolute Gasteiger partial charge is 0.462 e. The highest BCUT2D eigenvalue weighted by Gasteiger charge is 2.19. The van der Waals surface area contributed by atoms with Crippen LogP contribution in [-0.4, -0.2) is 37.2 Å². The monoisotopic (exact) mass is 849 g/mol. The molecule has 0 aromatic rings. The summed E-state index contributed by atoms with van der Waals surface area (Å²) in [6.45, 7) is 6.67. The topological polar surface area (TPSA) is 78.9 Å². The first kappa shape index (κ1) is 58.4. The van der Waals surface area contributed by atoms with Gasteiger partial charge in [0.15, 0.2) is 6.10 Å². The molecule has 0 amide bonds. The lowest BCUT2D eigenvalue weighted by molar-refractivity contribution is -0.167. The number of carbonyl (C=O) groups excluding carboxylic acids is 3. The molecule has 0 saturated heterocycles. The van der Waals surface area contributed by atoms with E-state index in [0.29, 0.717) is 19.3 Å². The molecule has 0 spiro atoms. The Bertz CT molecular complexity index is 889. The van der Waals surface area contributed by atoms with Crippen LogP contribution in [0.25, 0.3) is 0 Å². The fourth-order valence-electron chi connectivity index (χ4n) is 8.27. The molecule has 0 aromatic carbocycles. The van der Waals surface area contributed by atoms with Gasteiger partial charge in [0.05, 0.1) is 0 Å². The molecule has 1 unspecified atom stereocenters. The molecule has 0 radical (unpaired) electrons. The second kappa shape index (κ2) is 50.1. The first-order valence-corrected chi connectivity index (χ1v) is 27.0. The number of carbonyl (C=O) groups is 3. The highest BCUT2D eigenvalue weighted by atomic mass is 16.6. The molecular weight excluding hydrogens is 745 g/mol. The summed E-state index contributed by atoms with van der Waals surface area (Å²) in [7, 11) is 0. The Morgan fingerprint density at radius 3 is 0.667 bits per heavy atom. The predicted molar refractivity (Wildman–Crippen MR) is 257 cm³/mol. The van der Waals surface area contributed by atoms with Gasteiger partial charge in [0.2, 0.25) is 0 Å². The maximum absolute atomic E-state index is 12.8. The third kappa shape index (κ3) is 47.5. The summed E-state index contributed by atoms with van der Waals surface area (Å²) in [5, 5.41) is 0. The average Bonchev–Trinajstić information content (AvgIpc) is 3.24. The van der Waals surface area contributed by atoms with Crippen LogP contribution in [0.4, 0.5) is 0 Å². The normalized spacial score (nSPS) is 11.8. The maximum atomic E-state index is 12.8.